The second-order valence-corrected chi connectivity index (χ2v) is 7.24. The fourth-order valence-electron chi connectivity index (χ4n) is 2.90. The van der Waals surface area contributed by atoms with Crippen LogP contribution in [0.15, 0.2) is 78.9 Å². The number of rotatable bonds is 9. The van der Waals surface area contributed by atoms with Gasteiger partial charge >= 0.3 is 0 Å². The SMILES string of the molecule is CC(CCc1ccccc1)NCc1ccc(OCc2ccccc2Cl)cc1.Cl. The summed E-state index contributed by atoms with van der Waals surface area (Å²) in [5.74, 6) is 0.857. The highest BCUT2D eigenvalue weighted by Crippen LogP contribution is 2.19. The third kappa shape index (κ3) is 7.20. The van der Waals surface area contributed by atoms with Gasteiger partial charge in [0.05, 0.1) is 0 Å². The summed E-state index contributed by atoms with van der Waals surface area (Å²) in [4.78, 5) is 0. The minimum absolute atomic E-state index is 0. The zero-order chi connectivity index (χ0) is 18.9. The van der Waals surface area contributed by atoms with Crippen molar-refractivity contribution in [1.29, 1.82) is 0 Å². The molecule has 0 aromatic heterocycles. The van der Waals surface area contributed by atoms with Crippen LogP contribution >= 0.6 is 24.0 Å². The second-order valence-electron chi connectivity index (χ2n) is 6.83. The van der Waals surface area contributed by atoms with E-state index >= 15 is 0 Å². The first-order chi connectivity index (χ1) is 13.2. The molecule has 1 N–H and O–H groups in total. The smallest absolute Gasteiger partial charge is 0.119 e. The number of nitrogens with one attached hydrogen (secondary N) is 1. The Morgan fingerprint density at radius 1 is 0.857 bits per heavy atom. The molecule has 0 aliphatic carbocycles. The summed E-state index contributed by atoms with van der Waals surface area (Å²) in [6.07, 6.45) is 2.23. The summed E-state index contributed by atoms with van der Waals surface area (Å²) >= 11 is 6.16. The van der Waals surface area contributed by atoms with Crippen LogP contribution in [0.1, 0.15) is 30.0 Å². The third-order valence-corrected chi connectivity index (χ3v) is 5.01. The van der Waals surface area contributed by atoms with Crippen molar-refractivity contribution >= 4 is 24.0 Å². The number of halogens is 2. The molecule has 0 saturated heterocycles. The van der Waals surface area contributed by atoms with E-state index in [4.69, 9.17) is 16.3 Å². The van der Waals surface area contributed by atoms with Crippen molar-refractivity contribution in [3.8, 4) is 5.75 Å². The average molecular weight is 416 g/mol. The molecule has 28 heavy (non-hydrogen) atoms. The lowest BCUT2D eigenvalue weighted by atomic mass is 10.1. The molecule has 0 saturated carbocycles. The van der Waals surface area contributed by atoms with Crippen LogP contribution in [0, 0.1) is 0 Å². The molecule has 0 amide bonds. The molecule has 148 valence electrons. The van der Waals surface area contributed by atoms with E-state index in [1.54, 1.807) is 0 Å². The standard InChI is InChI=1S/C24H26ClNO.ClH/c1-19(11-12-20-7-3-2-4-8-20)26-17-21-13-15-23(16-14-21)27-18-22-9-5-6-10-24(22)25;/h2-10,13-16,19,26H,11-12,17-18H2,1H3;1H. The Hall–Kier alpha value is -2.00. The van der Waals surface area contributed by atoms with Crippen molar-refractivity contribution < 1.29 is 4.74 Å². The van der Waals surface area contributed by atoms with Crippen LogP contribution < -0.4 is 10.1 Å². The van der Waals surface area contributed by atoms with Crippen LogP contribution in [-0.4, -0.2) is 6.04 Å². The molecule has 0 fully saturated rings. The van der Waals surface area contributed by atoms with Crippen molar-refractivity contribution in [3.63, 3.8) is 0 Å². The van der Waals surface area contributed by atoms with Crippen LogP contribution in [0.4, 0.5) is 0 Å². The molecule has 2 nitrogen and oxygen atoms in total. The van der Waals surface area contributed by atoms with Gasteiger partial charge in [-0.25, -0.2) is 0 Å². The van der Waals surface area contributed by atoms with Gasteiger partial charge in [-0.3, -0.25) is 0 Å². The lowest BCUT2D eigenvalue weighted by Crippen LogP contribution is -2.25. The average Bonchev–Trinajstić information content (AvgIpc) is 2.72. The van der Waals surface area contributed by atoms with Crippen molar-refractivity contribution in [2.24, 2.45) is 0 Å². The van der Waals surface area contributed by atoms with Crippen LogP contribution in [0.5, 0.6) is 5.75 Å². The van der Waals surface area contributed by atoms with Crippen molar-refractivity contribution in [1.82, 2.24) is 5.32 Å². The fraction of sp³-hybridized carbons (Fsp3) is 0.250. The van der Waals surface area contributed by atoms with E-state index < -0.39 is 0 Å². The fourth-order valence-corrected chi connectivity index (χ4v) is 3.09. The molecular formula is C24H27Cl2NO. The Morgan fingerprint density at radius 2 is 1.54 bits per heavy atom. The predicted molar refractivity (Wildman–Crippen MR) is 121 cm³/mol. The van der Waals surface area contributed by atoms with Gasteiger partial charge in [0.25, 0.3) is 0 Å². The van der Waals surface area contributed by atoms with Crippen molar-refractivity contribution in [3.05, 3.63) is 101 Å². The Morgan fingerprint density at radius 3 is 2.25 bits per heavy atom. The molecular weight excluding hydrogens is 389 g/mol. The number of aryl methyl sites for hydroxylation is 1. The van der Waals surface area contributed by atoms with Crippen molar-refractivity contribution in [2.75, 3.05) is 0 Å². The zero-order valence-electron chi connectivity index (χ0n) is 16.1. The van der Waals surface area contributed by atoms with Gasteiger partial charge in [0.1, 0.15) is 12.4 Å². The van der Waals surface area contributed by atoms with E-state index in [0.29, 0.717) is 12.6 Å². The molecule has 1 unspecified atom stereocenters. The number of hydrogen-bond donors (Lipinski definition) is 1. The van der Waals surface area contributed by atoms with E-state index in [0.717, 1.165) is 35.7 Å². The lowest BCUT2D eigenvalue weighted by Gasteiger charge is -2.14. The van der Waals surface area contributed by atoms with Crippen LogP contribution in [0.3, 0.4) is 0 Å². The highest BCUT2D eigenvalue weighted by atomic mass is 35.5. The molecule has 3 aromatic rings. The topological polar surface area (TPSA) is 21.3 Å². The summed E-state index contributed by atoms with van der Waals surface area (Å²) in [5.41, 5.74) is 3.65. The van der Waals surface area contributed by atoms with Gasteiger partial charge in [0.15, 0.2) is 0 Å². The second kappa shape index (κ2) is 11.8. The van der Waals surface area contributed by atoms with Crippen LogP contribution in [0.2, 0.25) is 5.02 Å². The molecule has 0 aliphatic rings. The van der Waals surface area contributed by atoms with Gasteiger partial charge in [-0.15, -0.1) is 12.4 Å². The Balaban J connectivity index is 0.00000280. The maximum Gasteiger partial charge on any atom is 0.119 e. The lowest BCUT2D eigenvalue weighted by molar-refractivity contribution is 0.306. The van der Waals surface area contributed by atoms with Gasteiger partial charge in [0, 0.05) is 23.2 Å². The Labute approximate surface area is 179 Å². The molecule has 3 aromatic carbocycles. The first-order valence-electron chi connectivity index (χ1n) is 9.43. The van der Waals surface area contributed by atoms with E-state index in [1.807, 2.05) is 36.4 Å². The molecule has 0 heterocycles. The summed E-state index contributed by atoms with van der Waals surface area (Å²) in [7, 11) is 0. The summed E-state index contributed by atoms with van der Waals surface area (Å²) < 4.78 is 5.84. The van der Waals surface area contributed by atoms with Gasteiger partial charge < -0.3 is 10.1 Å². The van der Waals surface area contributed by atoms with Gasteiger partial charge in [0.2, 0.25) is 0 Å². The number of benzene rings is 3. The normalized spacial score (nSPS) is 11.5. The highest BCUT2D eigenvalue weighted by molar-refractivity contribution is 6.31. The molecule has 1 atom stereocenters. The summed E-state index contributed by atoms with van der Waals surface area (Å²) in [6.45, 7) is 3.58. The Bertz CT molecular complexity index is 822. The number of ether oxygens (including phenoxy) is 1. The molecule has 0 aliphatic heterocycles. The first kappa shape index (κ1) is 22.3. The van der Waals surface area contributed by atoms with Crippen LogP contribution in [-0.2, 0) is 19.6 Å². The van der Waals surface area contributed by atoms with Crippen molar-refractivity contribution in [2.45, 2.75) is 39.0 Å². The van der Waals surface area contributed by atoms with Gasteiger partial charge in [-0.05, 0) is 49.1 Å². The minimum Gasteiger partial charge on any atom is -0.489 e. The predicted octanol–water partition coefficient (Wildman–Crippen LogP) is 6.45. The monoisotopic (exact) mass is 415 g/mol. The maximum absolute atomic E-state index is 6.16. The van der Waals surface area contributed by atoms with Gasteiger partial charge in [-0.1, -0.05) is 72.3 Å². The zero-order valence-corrected chi connectivity index (χ0v) is 17.7. The van der Waals surface area contributed by atoms with Gasteiger partial charge in [-0.2, -0.15) is 0 Å². The summed E-state index contributed by atoms with van der Waals surface area (Å²) in [5, 5.41) is 4.33. The summed E-state index contributed by atoms with van der Waals surface area (Å²) in [6, 6.07) is 27.1. The van der Waals surface area contributed by atoms with E-state index in [9.17, 15) is 0 Å². The number of hydrogen-bond acceptors (Lipinski definition) is 2. The quantitative estimate of drug-likeness (QED) is 0.433. The maximum atomic E-state index is 6.16. The van der Waals surface area contributed by atoms with E-state index in [2.05, 4.69) is 54.7 Å². The molecule has 0 radical (unpaired) electrons. The molecule has 4 heteroatoms. The van der Waals surface area contributed by atoms with E-state index in [-0.39, 0.29) is 12.4 Å². The van der Waals surface area contributed by atoms with E-state index in [1.165, 1.54) is 11.1 Å². The Kier molecular flexibility index (Phi) is 9.36. The first-order valence-corrected chi connectivity index (χ1v) is 9.81. The molecule has 0 spiro atoms. The largest absolute Gasteiger partial charge is 0.489 e. The molecule has 0 bridgehead atoms. The van der Waals surface area contributed by atoms with Crippen LogP contribution in [0.25, 0.3) is 0 Å². The highest BCUT2D eigenvalue weighted by Gasteiger charge is 2.04. The minimum atomic E-state index is 0. The molecule has 3 rings (SSSR count). The third-order valence-electron chi connectivity index (χ3n) is 4.64.